The number of hydrogen-bond acceptors (Lipinski definition) is 15. The number of aromatic nitrogens is 5. The maximum atomic E-state index is 13.6. The normalized spacial score (nSPS) is 20.9. The number of nitrogens with zero attached hydrogens (tertiary/aromatic N) is 9. The molecule has 5 aliphatic rings. The first-order valence-corrected chi connectivity index (χ1v) is 24.2. The Morgan fingerprint density at radius 3 is 2.45 bits per heavy atom. The van der Waals surface area contributed by atoms with E-state index in [1.54, 1.807) is 31.5 Å². The van der Waals surface area contributed by atoms with E-state index in [0.29, 0.717) is 36.4 Å². The van der Waals surface area contributed by atoms with E-state index in [2.05, 4.69) is 54.8 Å². The predicted octanol–water partition coefficient (Wildman–Crippen LogP) is 4.64. The standard InChI is InChI=1S/C48H63N13O6/c1-30(2)61-38-27-40(53-39-13-20-50-48(54-39)58-25-17-33(67-3)18-26-58)51-28-35(38)43(56-61)59-24-14-31(29-59)44(63)52-32-15-22-57(23-16-32)21-7-5-4-6-19-49-36-10-8-9-34-42(36)47(66)60(46(34)65)37-11-12-41(62)55-45(37)64/h8-10,13,20,27-28,30-33,37,49H,4-7,11-12,14-19,21-26,29H2,1-3H3,(H,52,63)(H,55,62,64)(H,50,51,53,54). The van der Waals surface area contributed by atoms with Crippen molar-refractivity contribution >= 4 is 69.5 Å². The van der Waals surface area contributed by atoms with Gasteiger partial charge in [-0.3, -0.25) is 38.9 Å². The average Bonchev–Trinajstić information content (AvgIpc) is 4.04. The van der Waals surface area contributed by atoms with Crippen molar-refractivity contribution in [3.63, 3.8) is 0 Å². The number of rotatable bonds is 17. The molecule has 5 aliphatic heterocycles. The van der Waals surface area contributed by atoms with Crippen molar-refractivity contribution in [3.05, 3.63) is 53.9 Å². The SMILES string of the molecule is COC1CCN(c2nccc(Nc3cc4c(cn3)c(N3CCC(C(=O)NC5CCN(CCCCCCNc6cccc7c6C(=O)N(C6CCC(=O)NC6=O)C7=O)CC5)C3)nn4C(C)C)n2)CC1. The molecular weight excluding hydrogens is 855 g/mol. The number of piperidine rings is 3. The molecule has 19 nitrogen and oxygen atoms in total. The lowest BCUT2D eigenvalue weighted by molar-refractivity contribution is -0.136. The maximum Gasteiger partial charge on any atom is 0.264 e. The summed E-state index contributed by atoms with van der Waals surface area (Å²) >= 11 is 0. The Hall–Kier alpha value is -6.21. The highest BCUT2D eigenvalue weighted by atomic mass is 16.5. The van der Waals surface area contributed by atoms with Gasteiger partial charge in [-0.1, -0.05) is 18.9 Å². The van der Waals surface area contributed by atoms with E-state index >= 15 is 0 Å². The number of likely N-dealkylation sites (tertiary alicyclic amines) is 1. The topological polar surface area (TPSA) is 212 Å². The molecule has 2 atom stereocenters. The van der Waals surface area contributed by atoms with Crippen LogP contribution in [0.3, 0.4) is 0 Å². The van der Waals surface area contributed by atoms with Crippen LogP contribution in [0.1, 0.15) is 111 Å². The lowest BCUT2D eigenvalue weighted by Crippen LogP contribution is -2.54. The molecule has 4 saturated heterocycles. The summed E-state index contributed by atoms with van der Waals surface area (Å²) in [5.41, 5.74) is 2.12. The van der Waals surface area contributed by atoms with E-state index in [-0.39, 0.29) is 54.0 Å². The van der Waals surface area contributed by atoms with Crippen molar-refractivity contribution < 1.29 is 28.7 Å². The molecule has 0 bridgehead atoms. The van der Waals surface area contributed by atoms with Crippen LogP contribution in [0.5, 0.6) is 0 Å². The van der Waals surface area contributed by atoms with Gasteiger partial charge >= 0.3 is 0 Å². The number of fused-ring (bicyclic) bond motifs is 2. The highest BCUT2D eigenvalue weighted by Crippen LogP contribution is 2.35. The third-order valence-electron chi connectivity index (χ3n) is 14.0. The summed E-state index contributed by atoms with van der Waals surface area (Å²) in [4.78, 5) is 86.3. The fourth-order valence-electron chi connectivity index (χ4n) is 10.2. The van der Waals surface area contributed by atoms with Gasteiger partial charge in [0.05, 0.1) is 34.1 Å². The highest BCUT2D eigenvalue weighted by molar-refractivity contribution is 6.25. The zero-order chi connectivity index (χ0) is 46.6. The molecule has 5 amide bonds. The Bertz CT molecular complexity index is 2480. The number of hydrogen-bond donors (Lipinski definition) is 4. The molecule has 4 N–H and O–H groups in total. The highest BCUT2D eigenvalue weighted by Gasteiger charge is 2.45. The first kappa shape index (κ1) is 45.9. The molecule has 1 aromatic carbocycles. The summed E-state index contributed by atoms with van der Waals surface area (Å²) in [6.07, 6.45) is 12.8. The zero-order valence-electron chi connectivity index (χ0n) is 38.8. The molecule has 356 valence electrons. The second-order valence-electron chi connectivity index (χ2n) is 18.8. The molecule has 8 heterocycles. The Balaban J connectivity index is 0.691. The molecule has 4 aromatic rings. The van der Waals surface area contributed by atoms with Crippen LogP contribution in [0.2, 0.25) is 0 Å². The molecular formula is C48H63N13O6. The average molecular weight is 918 g/mol. The number of unbranched alkanes of at least 4 members (excludes halogenated alkanes) is 3. The van der Waals surface area contributed by atoms with Gasteiger partial charge in [0.2, 0.25) is 23.7 Å². The number of benzene rings is 1. The summed E-state index contributed by atoms with van der Waals surface area (Å²) in [6.45, 7) is 10.9. The van der Waals surface area contributed by atoms with E-state index in [1.807, 2.05) is 23.0 Å². The Morgan fingerprint density at radius 2 is 1.67 bits per heavy atom. The minimum Gasteiger partial charge on any atom is -0.384 e. The van der Waals surface area contributed by atoms with E-state index in [0.717, 1.165) is 119 Å². The first-order valence-electron chi connectivity index (χ1n) is 24.2. The van der Waals surface area contributed by atoms with Gasteiger partial charge in [0.15, 0.2) is 5.82 Å². The van der Waals surface area contributed by atoms with Crippen LogP contribution < -0.4 is 31.1 Å². The Morgan fingerprint density at radius 1 is 0.881 bits per heavy atom. The number of imide groups is 2. The lowest BCUT2D eigenvalue weighted by Gasteiger charge is -2.32. The number of ether oxygens (including phenoxy) is 1. The predicted molar refractivity (Wildman–Crippen MR) is 253 cm³/mol. The maximum absolute atomic E-state index is 13.6. The van der Waals surface area contributed by atoms with Gasteiger partial charge in [-0.25, -0.2) is 9.97 Å². The molecule has 9 rings (SSSR count). The van der Waals surface area contributed by atoms with Crippen molar-refractivity contribution in [2.24, 2.45) is 5.92 Å². The number of nitrogens with one attached hydrogen (secondary N) is 4. The minimum absolute atomic E-state index is 0.0857. The number of amides is 5. The number of carbonyl (C=O) groups is 5. The summed E-state index contributed by atoms with van der Waals surface area (Å²) < 4.78 is 7.57. The second kappa shape index (κ2) is 20.3. The van der Waals surface area contributed by atoms with Crippen LogP contribution in [0, 0.1) is 5.92 Å². The van der Waals surface area contributed by atoms with Crippen LogP contribution in [-0.2, 0) is 19.1 Å². The van der Waals surface area contributed by atoms with Gasteiger partial charge in [-0.05, 0) is 90.0 Å². The fraction of sp³-hybridized carbons (Fsp3) is 0.562. The molecule has 0 spiro atoms. The third-order valence-corrected chi connectivity index (χ3v) is 14.0. The van der Waals surface area contributed by atoms with Gasteiger partial charge in [0.1, 0.15) is 17.7 Å². The van der Waals surface area contributed by atoms with Crippen LogP contribution in [-0.4, -0.2) is 142 Å². The van der Waals surface area contributed by atoms with Crippen molar-refractivity contribution in [3.8, 4) is 0 Å². The van der Waals surface area contributed by atoms with Crippen LogP contribution in [0.15, 0.2) is 42.7 Å². The van der Waals surface area contributed by atoms with Gasteiger partial charge in [0.25, 0.3) is 11.8 Å². The van der Waals surface area contributed by atoms with Crippen LogP contribution in [0.25, 0.3) is 10.9 Å². The lowest BCUT2D eigenvalue weighted by atomic mass is 10.0. The molecule has 19 heteroatoms. The minimum atomic E-state index is -0.985. The summed E-state index contributed by atoms with van der Waals surface area (Å²) in [6, 6.07) is 8.32. The van der Waals surface area contributed by atoms with Gasteiger partial charge in [0, 0.05) is 95.6 Å². The van der Waals surface area contributed by atoms with E-state index in [1.165, 1.54) is 0 Å². The quantitative estimate of drug-likeness (QED) is 0.0840. The number of pyridine rings is 1. The summed E-state index contributed by atoms with van der Waals surface area (Å²) in [7, 11) is 1.77. The first-order chi connectivity index (χ1) is 32.5. The van der Waals surface area contributed by atoms with Gasteiger partial charge < -0.3 is 35.4 Å². The largest absolute Gasteiger partial charge is 0.384 e. The van der Waals surface area contributed by atoms with Crippen molar-refractivity contribution in [2.45, 2.75) is 109 Å². The number of methoxy groups -OCH3 is 1. The zero-order valence-corrected chi connectivity index (χ0v) is 38.8. The molecule has 3 aromatic heterocycles. The third kappa shape index (κ3) is 10.1. The van der Waals surface area contributed by atoms with E-state index in [4.69, 9.17) is 19.8 Å². The molecule has 67 heavy (non-hydrogen) atoms. The monoisotopic (exact) mass is 918 g/mol. The summed E-state index contributed by atoms with van der Waals surface area (Å²) in [5.74, 6) is 0.915. The van der Waals surface area contributed by atoms with E-state index in [9.17, 15) is 24.0 Å². The molecule has 0 saturated carbocycles. The van der Waals surface area contributed by atoms with Crippen molar-refractivity contribution in [1.29, 1.82) is 0 Å². The molecule has 2 unspecified atom stereocenters. The Labute approximate surface area is 390 Å². The summed E-state index contributed by atoms with van der Waals surface area (Å²) in [5, 5.41) is 18.4. The molecule has 4 fully saturated rings. The van der Waals surface area contributed by atoms with Crippen LogP contribution in [0.4, 0.5) is 29.1 Å². The smallest absolute Gasteiger partial charge is 0.264 e. The fourth-order valence-corrected chi connectivity index (χ4v) is 10.2. The molecule has 0 radical (unpaired) electrons. The Kier molecular flexibility index (Phi) is 13.9. The molecule has 0 aliphatic carbocycles. The second-order valence-corrected chi connectivity index (χ2v) is 18.8. The van der Waals surface area contributed by atoms with Gasteiger partial charge in [-0.15, -0.1) is 0 Å². The number of carbonyl (C=O) groups excluding carboxylic acids is 5. The van der Waals surface area contributed by atoms with Crippen molar-refractivity contribution in [2.75, 3.05) is 79.9 Å². The van der Waals surface area contributed by atoms with Crippen molar-refractivity contribution in [1.82, 2.24) is 45.2 Å². The van der Waals surface area contributed by atoms with Crippen LogP contribution >= 0.6 is 0 Å². The number of anilines is 5. The van der Waals surface area contributed by atoms with E-state index < -0.39 is 29.7 Å². The van der Waals surface area contributed by atoms with Gasteiger partial charge in [-0.2, -0.15) is 10.1 Å².